The molecule has 0 saturated heterocycles. The summed E-state index contributed by atoms with van der Waals surface area (Å²) in [6.07, 6.45) is 6.37. The third-order valence-electron chi connectivity index (χ3n) is 4.02. The molecule has 1 aromatic rings. The molecule has 0 nitrogen and oxygen atoms in total. The highest BCUT2D eigenvalue weighted by Crippen LogP contribution is 2.37. The van der Waals surface area contributed by atoms with Crippen molar-refractivity contribution in [2.24, 2.45) is 5.41 Å². The van der Waals surface area contributed by atoms with Crippen molar-refractivity contribution >= 4 is 11.6 Å². The van der Waals surface area contributed by atoms with Gasteiger partial charge < -0.3 is 0 Å². The lowest BCUT2D eigenvalue weighted by molar-refractivity contribution is 0.363. The van der Waals surface area contributed by atoms with Crippen LogP contribution in [0.2, 0.25) is 0 Å². The fraction of sp³-hybridized carbons (Fsp3) is 0.647. The van der Waals surface area contributed by atoms with Crippen LogP contribution in [0.25, 0.3) is 0 Å². The molecule has 0 radical (unpaired) electrons. The standard InChI is InChI=1S/C17H25Cl/c1-17(2,3)12-11-16(18)15-9-7-14(8-10-15)13-5-4-6-13/h7-10,13,16H,4-6,11-12H2,1-3H3. The van der Waals surface area contributed by atoms with E-state index in [1.807, 2.05) is 0 Å². The molecule has 0 amide bonds. The van der Waals surface area contributed by atoms with Gasteiger partial charge in [0.2, 0.25) is 0 Å². The van der Waals surface area contributed by atoms with Gasteiger partial charge in [-0.3, -0.25) is 0 Å². The lowest BCUT2D eigenvalue weighted by Gasteiger charge is -2.26. The molecular weight excluding hydrogens is 240 g/mol. The van der Waals surface area contributed by atoms with Gasteiger partial charge in [-0.25, -0.2) is 0 Å². The molecule has 0 heterocycles. The van der Waals surface area contributed by atoms with Gasteiger partial charge >= 0.3 is 0 Å². The first-order chi connectivity index (χ1) is 8.46. The van der Waals surface area contributed by atoms with Crippen molar-refractivity contribution in [3.8, 4) is 0 Å². The van der Waals surface area contributed by atoms with E-state index >= 15 is 0 Å². The Kier molecular flexibility index (Phi) is 4.37. The molecule has 0 spiro atoms. The molecule has 1 aliphatic rings. The smallest absolute Gasteiger partial charge is 0.0585 e. The first kappa shape index (κ1) is 13.9. The summed E-state index contributed by atoms with van der Waals surface area (Å²) in [6, 6.07) is 9.03. The summed E-state index contributed by atoms with van der Waals surface area (Å²) in [5, 5.41) is 0.166. The summed E-state index contributed by atoms with van der Waals surface area (Å²) >= 11 is 6.49. The van der Waals surface area contributed by atoms with E-state index in [2.05, 4.69) is 45.0 Å². The van der Waals surface area contributed by atoms with Gasteiger partial charge in [-0.15, -0.1) is 11.6 Å². The summed E-state index contributed by atoms with van der Waals surface area (Å²) < 4.78 is 0. The van der Waals surface area contributed by atoms with Gasteiger partial charge in [0.25, 0.3) is 0 Å². The van der Waals surface area contributed by atoms with Crippen LogP contribution < -0.4 is 0 Å². The van der Waals surface area contributed by atoms with Crippen LogP contribution in [-0.2, 0) is 0 Å². The van der Waals surface area contributed by atoms with Gasteiger partial charge in [-0.05, 0) is 48.1 Å². The zero-order chi connectivity index (χ0) is 13.2. The van der Waals surface area contributed by atoms with Crippen LogP contribution in [0, 0.1) is 5.41 Å². The van der Waals surface area contributed by atoms with Crippen molar-refractivity contribution in [3.63, 3.8) is 0 Å². The first-order valence-electron chi connectivity index (χ1n) is 7.20. The van der Waals surface area contributed by atoms with E-state index in [4.69, 9.17) is 11.6 Å². The van der Waals surface area contributed by atoms with Crippen LogP contribution in [0.3, 0.4) is 0 Å². The summed E-state index contributed by atoms with van der Waals surface area (Å²) in [5.74, 6) is 0.822. The normalized spacial score (nSPS) is 18.4. The quantitative estimate of drug-likeness (QED) is 0.580. The van der Waals surface area contributed by atoms with E-state index in [1.165, 1.54) is 36.8 Å². The minimum absolute atomic E-state index is 0.166. The van der Waals surface area contributed by atoms with Crippen LogP contribution in [0.5, 0.6) is 0 Å². The molecule has 0 aliphatic heterocycles. The van der Waals surface area contributed by atoms with Crippen LogP contribution >= 0.6 is 11.6 Å². The number of benzene rings is 1. The molecule has 1 aromatic carbocycles. The van der Waals surface area contributed by atoms with Gasteiger partial charge in [0.15, 0.2) is 0 Å². The molecule has 0 bridgehead atoms. The average molecular weight is 265 g/mol. The number of halogens is 1. The Bertz CT molecular complexity index is 368. The SMILES string of the molecule is CC(C)(C)CCC(Cl)c1ccc(C2CCC2)cc1. The Morgan fingerprint density at radius 2 is 1.78 bits per heavy atom. The summed E-state index contributed by atoms with van der Waals surface area (Å²) in [7, 11) is 0. The van der Waals surface area contributed by atoms with Gasteiger partial charge in [-0.1, -0.05) is 51.5 Å². The highest BCUT2D eigenvalue weighted by atomic mass is 35.5. The van der Waals surface area contributed by atoms with Crippen LogP contribution in [0.15, 0.2) is 24.3 Å². The molecule has 100 valence electrons. The molecule has 1 fully saturated rings. The third-order valence-corrected chi connectivity index (χ3v) is 4.49. The van der Waals surface area contributed by atoms with Crippen molar-refractivity contribution in [1.29, 1.82) is 0 Å². The van der Waals surface area contributed by atoms with Crippen molar-refractivity contribution in [2.45, 2.75) is 64.2 Å². The van der Waals surface area contributed by atoms with Gasteiger partial charge in [-0.2, -0.15) is 0 Å². The maximum atomic E-state index is 6.49. The minimum Gasteiger partial charge on any atom is -0.118 e. The van der Waals surface area contributed by atoms with Gasteiger partial charge in [0.05, 0.1) is 5.38 Å². The molecule has 18 heavy (non-hydrogen) atoms. The molecule has 0 N–H and O–H groups in total. The fourth-order valence-electron chi connectivity index (χ4n) is 2.44. The number of rotatable bonds is 4. The van der Waals surface area contributed by atoms with E-state index in [-0.39, 0.29) is 5.38 Å². The predicted molar refractivity (Wildman–Crippen MR) is 80.3 cm³/mol. The summed E-state index contributed by atoms with van der Waals surface area (Å²) in [5.41, 5.74) is 3.16. The van der Waals surface area contributed by atoms with Crippen molar-refractivity contribution in [2.75, 3.05) is 0 Å². The van der Waals surface area contributed by atoms with Crippen LogP contribution in [0.1, 0.15) is 75.3 Å². The second-order valence-corrected chi connectivity index (χ2v) is 7.39. The molecule has 1 aliphatic carbocycles. The van der Waals surface area contributed by atoms with E-state index in [0.29, 0.717) is 5.41 Å². The van der Waals surface area contributed by atoms with Crippen molar-refractivity contribution < 1.29 is 0 Å². The molecule has 0 aromatic heterocycles. The van der Waals surface area contributed by atoms with Crippen LogP contribution in [-0.4, -0.2) is 0 Å². The monoisotopic (exact) mass is 264 g/mol. The second kappa shape index (κ2) is 5.65. The average Bonchev–Trinajstić information content (AvgIpc) is 2.23. The summed E-state index contributed by atoms with van der Waals surface area (Å²) in [4.78, 5) is 0. The Labute approximate surface area is 117 Å². The van der Waals surface area contributed by atoms with E-state index in [9.17, 15) is 0 Å². The van der Waals surface area contributed by atoms with Crippen molar-refractivity contribution in [1.82, 2.24) is 0 Å². The Balaban J connectivity index is 1.91. The zero-order valence-corrected chi connectivity index (χ0v) is 12.6. The van der Waals surface area contributed by atoms with E-state index < -0.39 is 0 Å². The highest BCUT2D eigenvalue weighted by molar-refractivity contribution is 6.20. The molecule has 2 rings (SSSR count). The van der Waals surface area contributed by atoms with E-state index in [1.54, 1.807) is 0 Å². The van der Waals surface area contributed by atoms with Gasteiger partial charge in [0, 0.05) is 0 Å². The molecule has 1 atom stereocenters. The van der Waals surface area contributed by atoms with Crippen LogP contribution in [0.4, 0.5) is 0 Å². The summed E-state index contributed by atoms with van der Waals surface area (Å²) in [6.45, 7) is 6.82. The maximum absolute atomic E-state index is 6.49. The lowest BCUT2D eigenvalue weighted by atomic mass is 9.80. The Morgan fingerprint density at radius 1 is 1.17 bits per heavy atom. The third kappa shape index (κ3) is 3.75. The molecule has 1 saturated carbocycles. The molecule has 1 unspecified atom stereocenters. The van der Waals surface area contributed by atoms with Gasteiger partial charge in [0.1, 0.15) is 0 Å². The number of alkyl halides is 1. The fourth-order valence-corrected chi connectivity index (χ4v) is 2.70. The predicted octanol–water partition coefficient (Wildman–Crippen LogP) is 6.06. The Morgan fingerprint density at radius 3 is 2.22 bits per heavy atom. The minimum atomic E-state index is 0.166. The first-order valence-corrected chi connectivity index (χ1v) is 7.63. The van der Waals surface area contributed by atoms with E-state index in [0.717, 1.165) is 12.3 Å². The molecule has 1 heteroatoms. The lowest BCUT2D eigenvalue weighted by Crippen LogP contribution is -2.09. The highest BCUT2D eigenvalue weighted by Gasteiger charge is 2.20. The topological polar surface area (TPSA) is 0 Å². The number of hydrogen-bond donors (Lipinski definition) is 0. The largest absolute Gasteiger partial charge is 0.118 e. The second-order valence-electron chi connectivity index (χ2n) is 6.86. The number of hydrogen-bond acceptors (Lipinski definition) is 0. The maximum Gasteiger partial charge on any atom is 0.0585 e. The Hall–Kier alpha value is -0.490. The molecular formula is C17H25Cl. The van der Waals surface area contributed by atoms with Crippen molar-refractivity contribution in [3.05, 3.63) is 35.4 Å². The zero-order valence-electron chi connectivity index (χ0n) is 11.9.